The minimum absolute atomic E-state index is 0.502. The minimum Gasteiger partial charge on any atom is -0.356 e. The number of nitrogens with zero attached hydrogens (tertiary/aromatic N) is 3. The molecular weight excluding hydrogens is 354 g/mol. The van der Waals surface area contributed by atoms with Crippen molar-refractivity contribution in [3.8, 4) is 0 Å². The Morgan fingerprint density at radius 2 is 2.07 bits per heavy atom. The van der Waals surface area contributed by atoms with E-state index < -0.39 is 0 Å². The van der Waals surface area contributed by atoms with E-state index in [0.29, 0.717) is 6.04 Å². The Balaban J connectivity index is 1.41. The maximum Gasteiger partial charge on any atom is 0.191 e. The molecule has 3 rings (SSSR count). The summed E-state index contributed by atoms with van der Waals surface area (Å²) in [6.07, 6.45) is 3.82. The second-order valence-corrected chi connectivity index (χ2v) is 9.00. The SMILES string of the molecule is CN=C(NCCCN1CCN(C)CC1c1ccccc1)NCC1CCCS1. The molecule has 2 aliphatic rings. The maximum absolute atomic E-state index is 4.37. The average Bonchev–Trinajstić information content (AvgIpc) is 3.22. The highest BCUT2D eigenvalue weighted by atomic mass is 32.2. The van der Waals surface area contributed by atoms with Gasteiger partial charge in [-0.2, -0.15) is 11.8 Å². The van der Waals surface area contributed by atoms with Crippen molar-refractivity contribution in [3.63, 3.8) is 0 Å². The molecule has 6 heteroatoms. The molecule has 27 heavy (non-hydrogen) atoms. The number of benzene rings is 1. The second kappa shape index (κ2) is 10.9. The summed E-state index contributed by atoms with van der Waals surface area (Å²) < 4.78 is 0. The van der Waals surface area contributed by atoms with Gasteiger partial charge in [0.2, 0.25) is 0 Å². The van der Waals surface area contributed by atoms with Crippen LogP contribution >= 0.6 is 11.8 Å². The predicted octanol–water partition coefficient (Wildman–Crippen LogP) is 2.43. The van der Waals surface area contributed by atoms with Gasteiger partial charge in [-0.25, -0.2) is 0 Å². The third-order valence-electron chi connectivity index (χ3n) is 5.54. The smallest absolute Gasteiger partial charge is 0.191 e. The number of guanidine groups is 1. The van der Waals surface area contributed by atoms with Gasteiger partial charge in [-0.3, -0.25) is 9.89 Å². The molecule has 2 fully saturated rings. The number of hydrogen-bond acceptors (Lipinski definition) is 4. The molecule has 1 aromatic carbocycles. The normalized spacial score (nSPS) is 24.9. The quantitative estimate of drug-likeness (QED) is 0.426. The van der Waals surface area contributed by atoms with Crippen LogP contribution in [0.2, 0.25) is 0 Å². The first-order valence-electron chi connectivity index (χ1n) is 10.3. The van der Waals surface area contributed by atoms with E-state index in [2.05, 4.69) is 74.6 Å². The van der Waals surface area contributed by atoms with Gasteiger partial charge in [-0.05, 0) is 37.6 Å². The molecule has 2 atom stereocenters. The fourth-order valence-corrected chi connectivity index (χ4v) is 5.14. The lowest BCUT2D eigenvalue weighted by Gasteiger charge is -2.40. The lowest BCUT2D eigenvalue weighted by molar-refractivity contribution is 0.0891. The van der Waals surface area contributed by atoms with Gasteiger partial charge in [0.1, 0.15) is 0 Å². The number of aliphatic imine (C=N–C) groups is 1. The molecule has 2 saturated heterocycles. The van der Waals surface area contributed by atoms with Gasteiger partial charge >= 0.3 is 0 Å². The highest BCUT2D eigenvalue weighted by Gasteiger charge is 2.25. The van der Waals surface area contributed by atoms with Crippen LogP contribution in [0.3, 0.4) is 0 Å². The first-order chi connectivity index (χ1) is 13.3. The van der Waals surface area contributed by atoms with Gasteiger partial charge < -0.3 is 15.5 Å². The van der Waals surface area contributed by atoms with Gasteiger partial charge in [0.25, 0.3) is 0 Å². The third-order valence-corrected chi connectivity index (χ3v) is 6.94. The highest BCUT2D eigenvalue weighted by molar-refractivity contribution is 8.00. The van der Waals surface area contributed by atoms with Crippen LogP contribution < -0.4 is 10.6 Å². The molecule has 2 heterocycles. The van der Waals surface area contributed by atoms with Gasteiger partial charge in [-0.1, -0.05) is 30.3 Å². The van der Waals surface area contributed by atoms with E-state index in [0.717, 1.165) is 56.9 Å². The number of rotatable bonds is 7. The van der Waals surface area contributed by atoms with Crippen molar-refractivity contribution in [2.45, 2.75) is 30.6 Å². The maximum atomic E-state index is 4.37. The molecule has 150 valence electrons. The van der Waals surface area contributed by atoms with Crippen LogP contribution in [0.1, 0.15) is 30.9 Å². The Bertz CT molecular complexity index is 573. The summed E-state index contributed by atoms with van der Waals surface area (Å²) in [7, 11) is 4.09. The second-order valence-electron chi connectivity index (χ2n) is 7.59. The molecule has 5 nitrogen and oxygen atoms in total. The fourth-order valence-electron chi connectivity index (χ4n) is 3.94. The zero-order valence-electron chi connectivity index (χ0n) is 16.9. The van der Waals surface area contributed by atoms with Crippen LogP contribution in [0.4, 0.5) is 0 Å². The van der Waals surface area contributed by atoms with Crippen LogP contribution in [0.15, 0.2) is 35.3 Å². The molecule has 1 aromatic rings. The van der Waals surface area contributed by atoms with Crippen molar-refractivity contribution in [1.29, 1.82) is 0 Å². The Morgan fingerprint density at radius 1 is 1.22 bits per heavy atom. The lowest BCUT2D eigenvalue weighted by atomic mass is 10.0. The predicted molar refractivity (Wildman–Crippen MR) is 118 cm³/mol. The summed E-state index contributed by atoms with van der Waals surface area (Å²) in [5, 5.41) is 7.73. The first-order valence-corrected chi connectivity index (χ1v) is 11.3. The van der Waals surface area contributed by atoms with Gasteiger partial charge in [-0.15, -0.1) is 0 Å². The molecule has 0 radical (unpaired) electrons. The Kier molecular flexibility index (Phi) is 8.30. The topological polar surface area (TPSA) is 42.9 Å². The fraction of sp³-hybridized carbons (Fsp3) is 0.667. The molecule has 0 bridgehead atoms. The van der Waals surface area contributed by atoms with Crippen molar-refractivity contribution in [2.75, 3.05) is 59.1 Å². The van der Waals surface area contributed by atoms with Crippen molar-refractivity contribution in [3.05, 3.63) is 35.9 Å². The van der Waals surface area contributed by atoms with Gasteiger partial charge in [0.05, 0.1) is 0 Å². The van der Waals surface area contributed by atoms with Crippen LogP contribution in [0.25, 0.3) is 0 Å². The van der Waals surface area contributed by atoms with Gasteiger partial charge in [0, 0.05) is 57.6 Å². The van der Waals surface area contributed by atoms with Crippen molar-refractivity contribution >= 4 is 17.7 Å². The summed E-state index contributed by atoms with van der Waals surface area (Å²) in [4.78, 5) is 9.46. The Labute approximate surface area is 169 Å². The summed E-state index contributed by atoms with van der Waals surface area (Å²) in [5.74, 6) is 2.26. The number of likely N-dealkylation sites (N-methyl/N-ethyl adjacent to an activating group) is 1. The Hall–Kier alpha value is -1.24. The third kappa shape index (κ3) is 6.40. The molecule has 2 unspecified atom stereocenters. The van der Waals surface area contributed by atoms with Gasteiger partial charge in [0.15, 0.2) is 5.96 Å². The van der Waals surface area contributed by atoms with Crippen molar-refractivity contribution in [2.24, 2.45) is 4.99 Å². The van der Waals surface area contributed by atoms with Crippen LogP contribution in [0.5, 0.6) is 0 Å². The summed E-state index contributed by atoms with van der Waals surface area (Å²) in [6.45, 7) is 6.51. The molecular formula is C21H35N5S. The molecule has 0 aliphatic carbocycles. The molecule has 0 amide bonds. The van der Waals surface area contributed by atoms with Crippen LogP contribution in [-0.4, -0.2) is 80.1 Å². The summed E-state index contributed by atoms with van der Waals surface area (Å²) >= 11 is 2.08. The molecule has 0 spiro atoms. The molecule has 0 aromatic heterocycles. The average molecular weight is 390 g/mol. The highest BCUT2D eigenvalue weighted by Crippen LogP contribution is 2.25. The largest absolute Gasteiger partial charge is 0.356 e. The van der Waals surface area contributed by atoms with E-state index in [1.54, 1.807) is 0 Å². The lowest BCUT2D eigenvalue weighted by Crippen LogP contribution is -2.47. The Morgan fingerprint density at radius 3 is 2.81 bits per heavy atom. The van der Waals surface area contributed by atoms with Crippen molar-refractivity contribution in [1.82, 2.24) is 20.4 Å². The van der Waals surface area contributed by atoms with E-state index in [4.69, 9.17) is 0 Å². The van der Waals surface area contributed by atoms with E-state index in [-0.39, 0.29) is 0 Å². The zero-order chi connectivity index (χ0) is 18.9. The van der Waals surface area contributed by atoms with Crippen molar-refractivity contribution < 1.29 is 0 Å². The van der Waals surface area contributed by atoms with E-state index in [1.807, 2.05) is 7.05 Å². The van der Waals surface area contributed by atoms with Crippen LogP contribution in [-0.2, 0) is 0 Å². The molecule has 2 N–H and O–H groups in total. The van der Waals surface area contributed by atoms with Crippen LogP contribution in [0, 0.1) is 0 Å². The number of nitrogens with one attached hydrogen (secondary N) is 2. The van der Waals surface area contributed by atoms with E-state index in [9.17, 15) is 0 Å². The summed E-state index contributed by atoms with van der Waals surface area (Å²) in [6, 6.07) is 11.4. The number of thioether (sulfide) groups is 1. The van der Waals surface area contributed by atoms with E-state index in [1.165, 1.54) is 24.2 Å². The first kappa shape index (κ1) is 20.5. The molecule has 2 aliphatic heterocycles. The van der Waals surface area contributed by atoms with E-state index >= 15 is 0 Å². The zero-order valence-corrected chi connectivity index (χ0v) is 17.7. The number of piperazine rings is 1. The monoisotopic (exact) mass is 389 g/mol. The summed E-state index contributed by atoms with van der Waals surface area (Å²) in [5.41, 5.74) is 1.43. The molecule has 0 saturated carbocycles. The number of hydrogen-bond donors (Lipinski definition) is 2. The standard InChI is InChI=1S/C21H35N5S/c1-22-21(24-16-19-10-6-15-27-19)23-11-7-12-26-14-13-25(2)17-20(26)18-8-4-3-5-9-18/h3-5,8-9,19-20H,6-7,10-17H2,1-2H3,(H2,22,23,24). The minimum atomic E-state index is 0.502.